The maximum Gasteiger partial charge on any atom is 0.404 e. The van der Waals surface area contributed by atoms with Gasteiger partial charge in [0.2, 0.25) is 0 Å². The Morgan fingerprint density at radius 2 is 2.10 bits per heavy atom. The van der Waals surface area contributed by atoms with Gasteiger partial charge in [0.15, 0.2) is 6.29 Å². The van der Waals surface area contributed by atoms with Crippen molar-refractivity contribution in [3.8, 4) is 0 Å². The third kappa shape index (κ3) is 2.51. The fourth-order valence-electron chi connectivity index (χ4n) is 3.32. The van der Waals surface area contributed by atoms with Gasteiger partial charge in [-0.1, -0.05) is 24.3 Å². The SMILES string of the molecule is O=C(O)NCC1(CC2OCCO2)CCc2ccccc21. The first kappa shape index (κ1) is 13.4. The number of rotatable bonds is 4. The molecule has 1 heterocycles. The number of hydrogen-bond acceptors (Lipinski definition) is 3. The van der Waals surface area contributed by atoms with Crippen LogP contribution in [0.3, 0.4) is 0 Å². The summed E-state index contributed by atoms with van der Waals surface area (Å²) in [6.45, 7) is 1.64. The van der Waals surface area contributed by atoms with Crippen LogP contribution in [0.1, 0.15) is 24.0 Å². The van der Waals surface area contributed by atoms with Crippen molar-refractivity contribution in [1.82, 2.24) is 5.32 Å². The highest BCUT2D eigenvalue weighted by molar-refractivity contribution is 5.64. The Balaban J connectivity index is 1.85. The van der Waals surface area contributed by atoms with Crippen LogP contribution in [0, 0.1) is 0 Å². The van der Waals surface area contributed by atoms with Crippen molar-refractivity contribution < 1.29 is 19.4 Å². The number of hydrogen-bond donors (Lipinski definition) is 2. The second-order valence-electron chi connectivity index (χ2n) is 5.47. The van der Waals surface area contributed by atoms with Crippen LogP contribution in [-0.4, -0.2) is 37.2 Å². The van der Waals surface area contributed by atoms with Crippen LogP contribution in [0.25, 0.3) is 0 Å². The Morgan fingerprint density at radius 3 is 2.85 bits per heavy atom. The number of carbonyl (C=O) groups is 1. The van der Waals surface area contributed by atoms with Crippen LogP contribution in [0.15, 0.2) is 24.3 Å². The van der Waals surface area contributed by atoms with Gasteiger partial charge >= 0.3 is 6.09 Å². The molecule has 0 radical (unpaired) electrons. The monoisotopic (exact) mass is 277 g/mol. The van der Waals surface area contributed by atoms with E-state index < -0.39 is 6.09 Å². The van der Waals surface area contributed by atoms with E-state index in [4.69, 9.17) is 14.6 Å². The Morgan fingerprint density at radius 1 is 1.35 bits per heavy atom. The van der Waals surface area contributed by atoms with E-state index in [0.717, 1.165) is 12.8 Å². The van der Waals surface area contributed by atoms with E-state index in [2.05, 4.69) is 17.4 Å². The molecule has 0 spiro atoms. The van der Waals surface area contributed by atoms with E-state index in [0.29, 0.717) is 26.2 Å². The van der Waals surface area contributed by atoms with Gasteiger partial charge < -0.3 is 19.9 Å². The molecular formula is C15H19NO4. The van der Waals surface area contributed by atoms with Crippen LogP contribution in [0.5, 0.6) is 0 Å². The summed E-state index contributed by atoms with van der Waals surface area (Å²) in [6.07, 6.45) is 1.39. The van der Waals surface area contributed by atoms with Gasteiger partial charge in [0.05, 0.1) is 13.2 Å². The molecule has 0 aromatic heterocycles. The molecule has 5 nitrogen and oxygen atoms in total. The van der Waals surface area contributed by atoms with E-state index in [-0.39, 0.29) is 11.7 Å². The average molecular weight is 277 g/mol. The molecule has 108 valence electrons. The predicted octanol–water partition coefficient (Wildman–Crippen LogP) is 1.90. The van der Waals surface area contributed by atoms with Crippen LogP contribution >= 0.6 is 0 Å². The van der Waals surface area contributed by atoms with Crippen LogP contribution in [0.4, 0.5) is 4.79 Å². The van der Waals surface area contributed by atoms with Crippen LogP contribution in [0.2, 0.25) is 0 Å². The summed E-state index contributed by atoms with van der Waals surface area (Å²) >= 11 is 0. The summed E-state index contributed by atoms with van der Waals surface area (Å²) in [5.74, 6) is 0. The molecule has 5 heteroatoms. The Labute approximate surface area is 117 Å². The molecule has 1 aliphatic heterocycles. The summed E-state index contributed by atoms with van der Waals surface area (Å²) in [5, 5.41) is 11.5. The topological polar surface area (TPSA) is 67.8 Å². The quantitative estimate of drug-likeness (QED) is 0.882. The zero-order valence-electron chi connectivity index (χ0n) is 11.3. The molecule has 1 atom stereocenters. The highest BCUT2D eigenvalue weighted by atomic mass is 16.7. The highest BCUT2D eigenvalue weighted by Crippen LogP contribution is 2.42. The second-order valence-corrected chi connectivity index (χ2v) is 5.47. The summed E-state index contributed by atoms with van der Waals surface area (Å²) < 4.78 is 11.1. The molecule has 0 bridgehead atoms. The number of carboxylic acid groups (broad SMARTS) is 1. The molecule has 1 amide bonds. The Hall–Kier alpha value is -1.59. The number of ether oxygens (including phenoxy) is 2. The van der Waals surface area contributed by atoms with Gasteiger partial charge in [-0.25, -0.2) is 4.79 Å². The summed E-state index contributed by atoms with van der Waals surface area (Å²) in [4.78, 5) is 10.9. The smallest absolute Gasteiger partial charge is 0.404 e. The fraction of sp³-hybridized carbons (Fsp3) is 0.533. The maximum atomic E-state index is 10.9. The molecular weight excluding hydrogens is 258 g/mol. The normalized spacial score (nSPS) is 25.6. The second kappa shape index (κ2) is 5.42. The molecule has 1 aromatic carbocycles. The molecule has 1 aromatic rings. The number of nitrogens with one attached hydrogen (secondary N) is 1. The molecule has 2 N–H and O–H groups in total. The van der Waals surface area contributed by atoms with Gasteiger partial charge in [-0.2, -0.15) is 0 Å². The van der Waals surface area contributed by atoms with Crippen molar-refractivity contribution in [3.63, 3.8) is 0 Å². The largest absolute Gasteiger partial charge is 0.465 e. The fourth-order valence-corrected chi connectivity index (χ4v) is 3.32. The molecule has 3 rings (SSSR count). The minimum absolute atomic E-state index is 0.218. The summed E-state index contributed by atoms with van der Waals surface area (Å²) in [6, 6.07) is 8.26. The van der Waals surface area contributed by atoms with E-state index >= 15 is 0 Å². The van der Waals surface area contributed by atoms with Crippen molar-refractivity contribution in [1.29, 1.82) is 0 Å². The van der Waals surface area contributed by atoms with Crippen molar-refractivity contribution in [2.24, 2.45) is 0 Å². The van der Waals surface area contributed by atoms with Gasteiger partial charge in [-0.15, -0.1) is 0 Å². The van der Waals surface area contributed by atoms with Crippen molar-refractivity contribution >= 4 is 6.09 Å². The molecule has 2 aliphatic rings. The van der Waals surface area contributed by atoms with E-state index in [1.54, 1.807) is 0 Å². The molecule has 1 aliphatic carbocycles. The van der Waals surface area contributed by atoms with Crippen LogP contribution < -0.4 is 5.32 Å². The molecule has 0 saturated carbocycles. The standard InChI is InChI=1S/C15H19NO4/c17-14(18)16-10-15(9-13-19-7-8-20-13)6-5-11-3-1-2-4-12(11)15/h1-4,13,16H,5-10H2,(H,17,18). The summed E-state index contributed by atoms with van der Waals surface area (Å²) in [5.41, 5.74) is 2.31. The molecule has 1 saturated heterocycles. The van der Waals surface area contributed by atoms with Gasteiger partial charge in [0.1, 0.15) is 0 Å². The third-order valence-electron chi connectivity index (χ3n) is 4.29. The lowest BCUT2D eigenvalue weighted by molar-refractivity contribution is -0.0614. The third-order valence-corrected chi connectivity index (χ3v) is 4.29. The Bertz CT molecular complexity index is 498. The molecule has 20 heavy (non-hydrogen) atoms. The molecule has 1 fully saturated rings. The average Bonchev–Trinajstić information content (AvgIpc) is 3.06. The van der Waals surface area contributed by atoms with Gasteiger partial charge in [0.25, 0.3) is 0 Å². The number of benzene rings is 1. The summed E-state index contributed by atoms with van der Waals surface area (Å²) in [7, 11) is 0. The number of amides is 1. The van der Waals surface area contributed by atoms with Gasteiger partial charge in [0, 0.05) is 18.4 Å². The van der Waals surface area contributed by atoms with Gasteiger partial charge in [-0.3, -0.25) is 0 Å². The van der Waals surface area contributed by atoms with Crippen molar-refractivity contribution in [2.75, 3.05) is 19.8 Å². The first-order valence-corrected chi connectivity index (χ1v) is 6.98. The highest BCUT2D eigenvalue weighted by Gasteiger charge is 2.41. The lowest BCUT2D eigenvalue weighted by Gasteiger charge is -2.32. The predicted molar refractivity (Wildman–Crippen MR) is 72.8 cm³/mol. The van der Waals surface area contributed by atoms with Crippen molar-refractivity contribution in [2.45, 2.75) is 31.0 Å². The first-order chi connectivity index (χ1) is 9.70. The van der Waals surface area contributed by atoms with E-state index in [1.165, 1.54) is 11.1 Å². The number of fused-ring (bicyclic) bond motifs is 1. The van der Waals surface area contributed by atoms with Crippen LogP contribution in [-0.2, 0) is 21.3 Å². The minimum atomic E-state index is -0.984. The first-order valence-electron chi connectivity index (χ1n) is 6.98. The van der Waals surface area contributed by atoms with Crippen molar-refractivity contribution in [3.05, 3.63) is 35.4 Å². The number of aryl methyl sites for hydroxylation is 1. The zero-order valence-corrected chi connectivity index (χ0v) is 11.3. The molecule has 1 unspecified atom stereocenters. The maximum absolute atomic E-state index is 10.9. The zero-order chi connectivity index (χ0) is 14.0. The van der Waals surface area contributed by atoms with E-state index in [1.807, 2.05) is 12.1 Å². The lowest BCUT2D eigenvalue weighted by atomic mass is 9.78. The Kier molecular flexibility index (Phi) is 3.63. The van der Waals surface area contributed by atoms with Gasteiger partial charge in [-0.05, 0) is 24.0 Å². The lowest BCUT2D eigenvalue weighted by Crippen LogP contribution is -2.41. The minimum Gasteiger partial charge on any atom is -0.465 e. The van der Waals surface area contributed by atoms with E-state index in [9.17, 15) is 4.79 Å².